The summed E-state index contributed by atoms with van der Waals surface area (Å²) in [6, 6.07) is 6.06. The van der Waals surface area contributed by atoms with Crippen LogP contribution in [0.3, 0.4) is 0 Å². The number of nitrogens with zero attached hydrogens (tertiary/aromatic N) is 1. The molecule has 4 nitrogen and oxygen atoms in total. The van der Waals surface area contributed by atoms with Gasteiger partial charge in [0.2, 0.25) is 5.88 Å². The number of nitrogens with two attached hydrogens (primary N) is 1. The van der Waals surface area contributed by atoms with Gasteiger partial charge < -0.3 is 15.0 Å². The summed E-state index contributed by atoms with van der Waals surface area (Å²) in [5.74, 6) is 2.17. The van der Waals surface area contributed by atoms with Crippen LogP contribution in [0.1, 0.15) is 63.5 Å². The van der Waals surface area contributed by atoms with Crippen LogP contribution in [0, 0.1) is 0 Å². The van der Waals surface area contributed by atoms with Gasteiger partial charge in [0.15, 0.2) is 0 Å². The Labute approximate surface area is 132 Å². The van der Waals surface area contributed by atoms with Crippen molar-refractivity contribution in [3.8, 4) is 17.0 Å². The summed E-state index contributed by atoms with van der Waals surface area (Å²) in [7, 11) is 1.75. The summed E-state index contributed by atoms with van der Waals surface area (Å²) < 4.78 is 10.8. The highest BCUT2D eigenvalue weighted by Crippen LogP contribution is 2.40. The van der Waals surface area contributed by atoms with Gasteiger partial charge in [-0.15, -0.1) is 0 Å². The Bertz CT molecular complexity index is 603. The minimum atomic E-state index is 0.334. The number of nitrogen functional groups attached to an aromatic ring is 1. The first kappa shape index (κ1) is 16.4. The quantitative estimate of drug-likeness (QED) is 0.819. The van der Waals surface area contributed by atoms with Crippen LogP contribution < -0.4 is 10.5 Å². The van der Waals surface area contributed by atoms with Gasteiger partial charge in [0.25, 0.3) is 0 Å². The Kier molecular flexibility index (Phi) is 5.11. The van der Waals surface area contributed by atoms with Gasteiger partial charge in [-0.25, -0.2) is 0 Å². The fraction of sp³-hybridized carbons (Fsp3) is 0.500. The van der Waals surface area contributed by atoms with Crippen LogP contribution in [-0.4, -0.2) is 12.3 Å². The molecule has 2 unspecified atom stereocenters. The number of methoxy groups -OCH3 is 1. The van der Waals surface area contributed by atoms with Crippen LogP contribution in [-0.2, 0) is 0 Å². The second-order valence-electron chi connectivity index (χ2n) is 5.92. The van der Waals surface area contributed by atoms with Crippen molar-refractivity contribution in [3.63, 3.8) is 0 Å². The SMILES string of the molecule is CCC(C)c1cc(-c2cc(N)on2)cc(C(C)CC)c1OC. The van der Waals surface area contributed by atoms with E-state index in [1.165, 1.54) is 11.1 Å². The van der Waals surface area contributed by atoms with E-state index in [0.29, 0.717) is 17.7 Å². The van der Waals surface area contributed by atoms with Crippen LogP contribution in [0.2, 0.25) is 0 Å². The zero-order valence-corrected chi connectivity index (χ0v) is 14.1. The summed E-state index contributed by atoms with van der Waals surface area (Å²) in [5.41, 5.74) is 9.92. The van der Waals surface area contributed by atoms with Crippen molar-refractivity contribution in [2.24, 2.45) is 0 Å². The largest absolute Gasteiger partial charge is 0.496 e. The average molecular weight is 302 g/mol. The molecule has 2 N–H and O–H groups in total. The fourth-order valence-electron chi connectivity index (χ4n) is 2.66. The van der Waals surface area contributed by atoms with Crippen molar-refractivity contribution in [1.29, 1.82) is 0 Å². The molecule has 120 valence electrons. The molecule has 0 radical (unpaired) electrons. The van der Waals surface area contributed by atoms with Gasteiger partial charge in [-0.1, -0.05) is 32.9 Å². The molecule has 0 saturated heterocycles. The molecule has 0 aliphatic carbocycles. The highest BCUT2D eigenvalue weighted by Gasteiger charge is 2.20. The molecular weight excluding hydrogens is 276 g/mol. The van der Waals surface area contributed by atoms with Gasteiger partial charge in [-0.05, 0) is 47.9 Å². The minimum absolute atomic E-state index is 0.334. The Hall–Kier alpha value is -1.97. The van der Waals surface area contributed by atoms with E-state index in [4.69, 9.17) is 15.0 Å². The molecular formula is C18H26N2O2. The van der Waals surface area contributed by atoms with Crippen LogP contribution in [0.15, 0.2) is 22.7 Å². The van der Waals surface area contributed by atoms with Gasteiger partial charge in [-0.3, -0.25) is 0 Å². The highest BCUT2D eigenvalue weighted by molar-refractivity contribution is 5.66. The molecule has 1 aromatic heterocycles. The van der Waals surface area contributed by atoms with E-state index in [1.807, 2.05) is 0 Å². The second kappa shape index (κ2) is 6.86. The van der Waals surface area contributed by atoms with E-state index in [9.17, 15) is 0 Å². The fourth-order valence-corrected chi connectivity index (χ4v) is 2.66. The van der Waals surface area contributed by atoms with Crippen molar-refractivity contribution in [3.05, 3.63) is 29.3 Å². The third-order valence-electron chi connectivity index (χ3n) is 4.46. The molecule has 0 saturated carbocycles. The zero-order valence-electron chi connectivity index (χ0n) is 14.1. The second-order valence-corrected chi connectivity index (χ2v) is 5.92. The predicted molar refractivity (Wildman–Crippen MR) is 90.3 cm³/mol. The minimum Gasteiger partial charge on any atom is -0.496 e. The predicted octanol–water partition coefficient (Wildman–Crippen LogP) is 4.96. The topological polar surface area (TPSA) is 61.3 Å². The summed E-state index contributed by atoms with van der Waals surface area (Å²) in [6.45, 7) is 8.82. The van der Waals surface area contributed by atoms with Crippen LogP contribution in [0.5, 0.6) is 5.75 Å². The summed E-state index contributed by atoms with van der Waals surface area (Å²) in [5, 5.41) is 4.05. The van der Waals surface area contributed by atoms with E-state index in [1.54, 1.807) is 13.2 Å². The smallest absolute Gasteiger partial charge is 0.222 e. The van der Waals surface area contributed by atoms with Crippen molar-refractivity contribution in [1.82, 2.24) is 5.16 Å². The van der Waals surface area contributed by atoms with Crippen LogP contribution in [0.4, 0.5) is 5.88 Å². The van der Waals surface area contributed by atoms with Gasteiger partial charge in [0.1, 0.15) is 11.4 Å². The number of anilines is 1. The number of hydrogen-bond acceptors (Lipinski definition) is 4. The van der Waals surface area contributed by atoms with E-state index in [2.05, 4.69) is 45.0 Å². The summed E-state index contributed by atoms with van der Waals surface area (Å²) in [6.07, 6.45) is 2.11. The number of rotatable bonds is 6. The molecule has 22 heavy (non-hydrogen) atoms. The normalized spacial score (nSPS) is 13.9. The molecule has 0 amide bonds. The van der Waals surface area contributed by atoms with Gasteiger partial charge in [0, 0.05) is 11.6 Å². The number of hydrogen-bond donors (Lipinski definition) is 1. The molecule has 0 aliphatic rings. The lowest BCUT2D eigenvalue weighted by Gasteiger charge is -2.22. The standard InChI is InChI=1S/C18H26N2O2/c1-6-11(3)14-8-13(16-10-17(19)22-20-16)9-15(12(4)7-2)18(14)21-5/h8-12H,6-7,19H2,1-5H3. The Morgan fingerprint density at radius 1 is 1.09 bits per heavy atom. The lowest BCUT2D eigenvalue weighted by atomic mass is 9.87. The summed E-state index contributed by atoms with van der Waals surface area (Å²) in [4.78, 5) is 0. The number of aromatic nitrogens is 1. The maximum atomic E-state index is 5.75. The summed E-state index contributed by atoms with van der Waals surface area (Å²) >= 11 is 0. The average Bonchev–Trinajstić information content (AvgIpc) is 2.98. The molecule has 0 spiro atoms. The maximum absolute atomic E-state index is 5.75. The van der Waals surface area contributed by atoms with E-state index < -0.39 is 0 Å². The van der Waals surface area contributed by atoms with Crippen molar-refractivity contribution in [2.75, 3.05) is 12.8 Å². The van der Waals surface area contributed by atoms with E-state index in [0.717, 1.165) is 29.8 Å². The molecule has 0 fully saturated rings. The first-order valence-electron chi connectivity index (χ1n) is 7.96. The van der Waals surface area contributed by atoms with Crippen molar-refractivity contribution < 1.29 is 9.26 Å². The molecule has 2 atom stereocenters. The van der Waals surface area contributed by atoms with Crippen LogP contribution >= 0.6 is 0 Å². The van der Waals surface area contributed by atoms with Crippen LogP contribution in [0.25, 0.3) is 11.3 Å². The Morgan fingerprint density at radius 3 is 2.00 bits per heavy atom. The first-order chi connectivity index (χ1) is 10.5. The Balaban J connectivity index is 2.65. The third kappa shape index (κ3) is 3.11. The number of ether oxygens (including phenoxy) is 1. The van der Waals surface area contributed by atoms with E-state index in [-0.39, 0.29) is 0 Å². The van der Waals surface area contributed by atoms with Gasteiger partial charge in [0.05, 0.1) is 7.11 Å². The molecule has 0 bridgehead atoms. The van der Waals surface area contributed by atoms with E-state index >= 15 is 0 Å². The molecule has 1 heterocycles. The number of benzene rings is 1. The Morgan fingerprint density at radius 2 is 1.64 bits per heavy atom. The lowest BCUT2D eigenvalue weighted by Crippen LogP contribution is -2.04. The van der Waals surface area contributed by atoms with Gasteiger partial charge in [-0.2, -0.15) is 0 Å². The molecule has 0 aliphatic heterocycles. The zero-order chi connectivity index (χ0) is 16.3. The molecule has 2 aromatic rings. The molecule has 1 aromatic carbocycles. The third-order valence-corrected chi connectivity index (χ3v) is 4.46. The molecule has 2 rings (SSSR count). The lowest BCUT2D eigenvalue weighted by molar-refractivity contribution is 0.397. The highest BCUT2D eigenvalue weighted by atomic mass is 16.5. The van der Waals surface area contributed by atoms with Crippen molar-refractivity contribution in [2.45, 2.75) is 52.4 Å². The van der Waals surface area contributed by atoms with Crippen molar-refractivity contribution >= 4 is 5.88 Å². The molecule has 4 heteroatoms. The van der Waals surface area contributed by atoms with Gasteiger partial charge >= 0.3 is 0 Å². The monoisotopic (exact) mass is 302 g/mol. The maximum Gasteiger partial charge on any atom is 0.222 e. The first-order valence-corrected chi connectivity index (χ1v) is 7.96.